The third-order valence-electron chi connectivity index (χ3n) is 2.67. The maximum absolute atomic E-state index is 7.32. The lowest BCUT2D eigenvalue weighted by atomic mass is 10.1. The molecule has 0 saturated heterocycles. The second kappa shape index (κ2) is 7.83. The van der Waals surface area contributed by atoms with E-state index in [4.69, 9.17) is 21.6 Å². The Balaban J connectivity index is 0.000000550. The molecule has 1 aliphatic heterocycles. The van der Waals surface area contributed by atoms with Crippen molar-refractivity contribution in [2.75, 3.05) is 6.61 Å². The van der Waals surface area contributed by atoms with Gasteiger partial charge in [0, 0.05) is 30.6 Å². The second-order valence-corrected chi connectivity index (χ2v) is 4.83. The minimum atomic E-state index is 0.621. The van der Waals surface area contributed by atoms with E-state index in [0.29, 0.717) is 6.61 Å². The van der Waals surface area contributed by atoms with E-state index >= 15 is 0 Å². The number of fused-ring (bicyclic) bond motifs is 1. The van der Waals surface area contributed by atoms with Gasteiger partial charge in [0.1, 0.15) is 12.4 Å². The highest BCUT2D eigenvalue weighted by molar-refractivity contribution is 6.31. The molecule has 102 valence electrons. The van der Waals surface area contributed by atoms with E-state index in [1.807, 2.05) is 12.1 Å². The largest absolute Gasteiger partial charge is 0.489 e. The molecule has 0 fully saturated rings. The highest BCUT2D eigenvalue weighted by Crippen LogP contribution is 2.31. The van der Waals surface area contributed by atoms with Crippen LogP contribution in [0.25, 0.3) is 0 Å². The lowest BCUT2D eigenvalue weighted by Crippen LogP contribution is -2.01. The fourth-order valence-electron chi connectivity index (χ4n) is 1.77. The Labute approximate surface area is 119 Å². The van der Waals surface area contributed by atoms with Gasteiger partial charge in [-0.25, -0.2) is 0 Å². The number of rotatable bonds is 3. The molecular weight excluding hydrogens is 260 g/mol. The summed E-state index contributed by atoms with van der Waals surface area (Å²) in [5, 5.41) is 11.4. The maximum Gasteiger partial charge on any atom is 0.124 e. The molecule has 0 unspecified atom stereocenters. The minimum absolute atomic E-state index is 0.621. The third-order valence-corrected chi connectivity index (χ3v) is 3.02. The van der Waals surface area contributed by atoms with Crippen LogP contribution in [0.3, 0.4) is 0 Å². The van der Waals surface area contributed by atoms with Gasteiger partial charge in [-0.15, -0.1) is 0 Å². The van der Waals surface area contributed by atoms with Crippen molar-refractivity contribution < 1.29 is 4.74 Å². The second-order valence-electron chi connectivity index (χ2n) is 4.42. The van der Waals surface area contributed by atoms with Gasteiger partial charge in [0.2, 0.25) is 0 Å². The zero-order valence-electron chi connectivity index (χ0n) is 11.6. The van der Waals surface area contributed by atoms with Crippen molar-refractivity contribution in [3.05, 3.63) is 39.9 Å². The lowest BCUT2D eigenvalue weighted by Gasteiger charge is -2.09. The van der Waals surface area contributed by atoms with Crippen LogP contribution in [0.2, 0.25) is 5.02 Å². The SMILES string of the molecule is CC#N.CC(C)=CCOc1ccc(Cl)c2c1CNC2. The van der Waals surface area contributed by atoms with Crippen LogP contribution in [0.15, 0.2) is 23.8 Å². The molecule has 0 spiro atoms. The van der Waals surface area contributed by atoms with Crippen LogP contribution in [0.4, 0.5) is 0 Å². The first-order valence-electron chi connectivity index (χ1n) is 6.18. The van der Waals surface area contributed by atoms with Crippen LogP contribution in [-0.2, 0) is 13.1 Å². The molecule has 19 heavy (non-hydrogen) atoms. The molecule has 1 aromatic rings. The summed E-state index contributed by atoms with van der Waals surface area (Å²) < 4.78 is 5.74. The zero-order chi connectivity index (χ0) is 14.3. The molecule has 3 nitrogen and oxygen atoms in total. The number of allylic oxidation sites excluding steroid dienone is 1. The Hall–Kier alpha value is -1.50. The molecule has 0 amide bonds. The maximum atomic E-state index is 7.32. The monoisotopic (exact) mass is 278 g/mol. The van der Waals surface area contributed by atoms with Gasteiger partial charge in [-0.05, 0) is 37.6 Å². The van der Waals surface area contributed by atoms with E-state index in [2.05, 4.69) is 25.2 Å². The number of hydrogen-bond donors (Lipinski definition) is 1. The molecule has 1 N–H and O–H groups in total. The normalized spacial score (nSPS) is 11.7. The zero-order valence-corrected chi connectivity index (χ0v) is 12.3. The molecule has 1 aromatic carbocycles. The molecule has 1 heterocycles. The summed E-state index contributed by atoms with van der Waals surface area (Å²) in [6.07, 6.45) is 2.07. The minimum Gasteiger partial charge on any atom is -0.489 e. The first kappa shape index (κ1) is 15.6. The van der Waals surface area contributed by atoms with Crippen LogP contribution in [0.1, 0.15) is 31.9 Å². The van der Waals surface area contributed by atoms with E-state index in [1.165, 1.54) is 23.6 Å². The van der Waals surface area contributed by atoms with Crippen LogP contribution >= 0.6 is 11.6 Å². The first-order chi connectivity index (χ1) is 9.10. The van der Waals surface area contributed by atoms with E-state index in [1.54, 1.807) is 6.07 Å². The summed E-state index contributed by atoms with van der Waals surface area (Å²) in [7, 11) is 0. The van der Waals surface area contributed by atoms with Crippen LogP contribution in [0.5, 0.6) is 5.75 Å². The van der Waals surface area contributed by atoms with Crippen molar-refractivity contribution in [2.45, 2.75) is 33.9 Å². The van der Waals surface area contributed by atoms with Crippen molar-refractivity contribution in [1.82, 2.24) is 5.32 Å². The smallest absolute Gasteiger partial charge is 0.124 e. The van der Waals surface area contributed by atoms with Crippen molar-refractivity contribution >= 4 is 11.6 Å². The fraction of sp³-hybridized carbons (Fsp3) is 0.400. The quantitative estimate of drug-likeness (QED) is 0.855. The van der Waals surface area contributed by atoms with E-state index < -0.39 is 0 Å². The molecule has 0 saturated carbocycles. The van der Waals surface area contributed by atoms with E-state index in [0.717, 1.165) is 23.9 Å². The molecule has 0 aliphatic carbocycles. The summed E-state index contributed by atoms with van der Waals surface area (Å²) in [5.74, 6) is 0.946. The first-order valence-corrected chi connectivity index (χ1v) is 6.56. The molecule has 4 heteroatoms. The fourth-order valence-corrected chi connectivity index (χ4v) is 2.02. The number of nitrogens with zero attached hydrogens (tertiary/aromatic N) is 1. The Morgan fingerprint density at radius 2 is 2.05 bits per heavy atom. The van der Waals surface area contributed by atoms with Gasteiger partial charge in [0.15, 0.2) is 0 Å². The van der Waals surface area contributed by atoms with Crippen molar-refractivity contribution in [1.29, 1.82) is 5.26 Å². The van der Waals surface area contributed by atoms with Gasteiger partial charge < -0.3 is 10.1 Å². The average Bonchev–Trinajstić information content (AvgIpc) is 2.83. The van der Waals surface area contributed by atoms with Crippen molar-refractivity contribution in [2.24, 2.45) is 0 Å². The predicted octanol–water partition coefficient (Wildman–Crippen LogP) is 3.82. The summed E-state index contributed by atoms with van der Waals surface area (Å²) in [4.78, 5) is 0. The molecule has 0 atom stereocenters. The Kier molecular flexibility index (Phi) is 6.41. The summed E-state index contributed by atoms with van der Waals surface area (Å²) in [5.41, 5.74) is 3.65. The van der Waals surface area contributed by atoms with Gasteiger partial charge in [-0.3, -0.25) is 0 Å². The number of halogens is 1. The third kappa shape index (κ3) is 4.59. The molecule has 2 rings (SSSR count). The van der Waals surface area contributed by atoms with Crippen molar-refractivity contribution in [3.8, 4) is 11.8 Å². The van der Waals surface area contributed by atoms with Gasteiger partial charge in [-0.1, -0.05) is 17.2 Å². The number of hydrogen-bond acceptors (Lipinski definition) is 3. The topological polar surface area (TPSA) is 45.0 Å². The van der Waals surface area contributed by atoms with Crippen LogP contribution in [-0.4, -0.2) is 6.61 Å². The van der Waals surface area contributed by atoms with Crippen molar-refractivity contribution in [3.63, 3.8) is 0 Å². The number of nitrogens with one attached hydrogen (secondary N) is 1. The van der Waals surface area contributed by atoms with Gasteiger partial charge in [0.25, 0.3) is 0 Å². The number of ether oxygens (including phenoxy) is 1. The lowest BCUT2D eigenvalue weighted by molar-refractivity contribution is 0.358. The van der Waals surface area contributed by atoms with Crippen LogP contribution < -0.4 is 10.1 Å². The Morgan fingerprint density at radius 1 is 1.42 bits per heavy atom. The number of benzene rings is 1. The van der Waals surface area contributed by atoms with Gasteiger partial charge in [-0.2, -0.15) is 5.26 Å². The molecule has 1 aliphatic rings. The predicted molar refractivity (Wildman–Crippen MR) is 78.2 cm³/mol. The van der Waals surface area contributed by atoms with E-state index in [-0.39, 0.29) is 0 Å². The Morgan fingerprint density at radius 3 is 2.68 bits per heavy atom. The molecule has 0 radical (unpaired) electrons. The van der Waals surface area contributed by atoms with Gasteiger partial charge >= 0.3 is 0 Å². The van der Waals surface area contributed by atoms with Gasteiger partial charge in [0.05, 0.1) is 6.07 Å². The van der Waals surface area contributed by atoms with E-state index in [9.17, 15) is 0 Å². The molecule has 0 bridgehead atoms. The Bertz CT molecular complexity index is 500. The summed E-state index contributed by atoms with van der Waals surface area (Å²) in [6.45, 7) is 7.87. The highest BCUT2D eigenvalue weighted by atomic mass is 35.5. The number of nitriles is 1. The summed E-state index contributed by atoms with van der Waals surface area (Å²) >= 11 is 6.12. The summed E-state index contributed by atoms with van der Waals surface area (Å²) in [6, 6.07) is 5.61. The standard InChI is InChI=1S/C13H16ClNO.C2H3N/c1-9(2)5-6-16-13-4-3-12(14)10-7-15-8-11(10)13;1-2-3/h3-5,15H,6-8H2,1-2H3;1H3. The molecular formula is C15H19ClN2O. The van der Waals surface area contributed by atoms with Crippen LogP contribution in [0, 0.1) is 11.3 Å². The molecule has 0 aromatic heterocycles. The average molecular weight is 279 g/mol. The highest BCUT2D eigenvalue weighted by Gasteiger charge is 2.17.